The number of piperidine rings is 1. The first-order chi connectivity index (χ1) is 11.7. The molecule has 1 aliphatic heterocycles. The standard InChI is InChI=1S/C18H19N3O2S/c22-24(23,20-11-2-1-3-12-20)17-6-4-16(5-7-17)21-13-9-15-14-19-10-8-18(15)21/h4-10,13-14H,1-3,11-12H2. The van der Waals surface area contributed by atoms with Gasteiger partial charge in [0.05, 0.1) is 10.4 Å². The van der Waals surface area contributed by atoms with Crippen LogP contribution in [0.15, 0.2) is 59.9 Å². The van der Waals surface area contributed by atoms with Crippen molar-refractivity contribution in [3.63, 3.8) is 0 Å². The maximum atomic E-state index is 12.7. The molecule has 3 aromatic rings. The van der Waals surface area contributed by atoms with Crippen LogP contribution in [0, 0.1) is 0 Å². The Morgan fingerprint density at radius 2 is 1.67 bits per heavy atom. The van der Waals surface area contributed by atoms with Crippen molar-refractivity contribution in [1.29, 1.82) is 0 Å². The lowest BCUT2D eigenvalue weighted by Crippen LogP contribution is -2.35. The molecule has 5 nitrogen and oxygen atoms in total. The summed E-state index contributed by atoms with van der Waals surface area (Å²) in [5, 5.41) is 1.06. The molecule has 24 heavy (non-hydrogen) atoms. The molecule has 1 aromatic carbocycles. The number of pyridine rings is 1. The average molecular weight is 341 g/mol. The average Bonchev–Trinajstić information content (AvgIpc) is 3.07. The number of hydrogen-bond donors (Lipinski definition) is 0. The quantitative estimate of drug-likeness (QED) is 0.735. The van der Waals surface area contributed by atoms with Gasteiger partial charge in [0.1, 0.15) is 0 Å². The Bertz CT molecular complexity index is 955. The number of benzene rings is 1. The van der Waals surface area contributed by atoms with Crippen LogP contribution in [0.25, 0.3) is 16.6 Å². The summed E-state index contributed by atoms with van der Waals surface area (Å²) in [5.41, 5.74) is 1.99. The monoisotopic (exact) mass is 341 g/mol. The van der Waals surface area contributed by atoms with Gasteiger partial charge in [-0.15, -0.1) is 0 Å². The molecular weight excluding hydrogens is 322 g/mol. The smallest absolute Gasteiger partial charge is 0.243 e. The molecule has 124 valence electrons. The van der Waals surface area contributed by atoms with Gasteiger partial charge in [-0.25, -0.2) is 8.42 Å². The molecule has 0 unspecified atom stereocenters. The molecule has 0 atom stereocenters. The van der Waals surface area contributed by atoms with Gasteiger partial charge in [0.2, 0.25) is 10.0 Å². The Kier molecular flexibility index (Phi) is 3.86. The molecule has 1 aliphatic rings. The topological polar surface area (TPSA) is 55.2 Å². The number of aromatic nitrogens is 2. The minimum atomic E-state index is -3.38. The van der Waals surface area contributed by atoms with Crippen molar-refractivity contribution in [2.75, 3.05) is 13.1 Å². The highest BCUT2D eigenvalue weighted by molar-refractivity contribution is 7.89. The lowest BCUT2D eigenvalue weighted by molar-refractivity contribution is 0.346. The number of sulfonamides is 1. The van der Waals surface area contributed by atoms with E-state index >= 15 is 0 Å². The SMILES string of the molecule is O=S(=O)(c1ccc(-n2ccc3cnccc32)cc1)N1CCCCC1. The third kappa shape index (κ3) is 2.61. The predicted molar refractivity (Wildman–Crippen MR) is 93.7 cm³/mol. The van der Waals surface area contributed by atoms with Crippen molar-refractivity contribution in [2.45, 2.75) is 24.2 Å². The van der Waals surface area contributed by atoms with Crippen LogP contribution in [-0.2, 0) is 10.0 Å². The third-order valence-corrected chi connectivity index (χ3v) is 6.47. The van der Waals surface area contributed by atoms with Crippen molar-refractivity contribution in [3.8, 4) is 5.69 Å². The van der Waals surface area contributed by atoms with Gasteiger partial charge >= 0.3 is 0 Å². The van der Waals surface area contributed by atoms with Gasteiger partial charge in [-0.1, -0.05) is 6.42 Å². The second-order valence-electron chi connectivity index (χ2n) is 6.08. The molecule has 3 heterocycles. The largest absolute Gasteiger partial charge is 0.316 e. The van der Waals surface area contributed by atoms with E-state index in [0.717, 1.165) is 35.9 Å². The van der Waals surface area contributed by atoms with Gasteiger partial charge in [-0.3, -0.25) is 4.98 Å². The Balaban J connectivity index is 1.67. The van der Waals surface area contributed by atoms with E-state index in [0.29, 0.717) is 18.0 Å². The lowest BCUT2D eigenvalue weighted by Gasteiger charge is -2.25. The second-order valence-corrected chi connectivity index (χ2v) is 8.02. The Morgan fingerprint density at radius 3 is 2.42 bits per heavy atom. The van der Waals surface area contributed by atoms with Gasteiger partial charge in [0.25, 0.3) is 0 Å². The molecule has 0 amide bonds. The van der Waals surface area contributed by atoms with Gasteiger partial charge in [-0.05, 0) is 49.2 Å². The molecule has 4 rings (SSSR count). The van der Waals surface area contributed by atoms with Crippen molar-refractivity contribution < 1.29 is 8.42 Å². The number of nitrogens with zero attached hydrogens (tertiary/aromatic N) is 3. The molecule has 0 bridgehead atoms. The molecule has 2 aromatic heterocycles. The van der Waals surface area contributed by atoms with Crippen LogP contribution >= 0.6 is 0 Å². The van der Waals surface area contributed by atoms with Gasteiger partial charge in [0, 0.05) is 42.8 Å². The Hall–Kier alpha value is -2.18. The zero-order valence-corrected chi connectivity index (χ0v) is 14.1. The fourth-order valence-corrected chi connectivity index (χ4v) is 4.76. The molecule has 0 radical (unpaired) electrons. The van der Waals surface area contributed by atoms with Crippen LogP contribution in [-0.4, -0.2) is 35.4 Å². The molecule has 0 saturated carbocycles. The van der Waals surface area contributed by atoms with Crippen molar-refractivity contribution in [1.82, 2.24) is 13.9 Å². The van der Waals surface area contributed by atoms with Gasteiger partial charge < -0.3 is 4.57 Å². The summed E-state index contributed by atoms with van der Waals surface area (Å²) in [6, 6.07) is 11.1. The summed E-state index contributed by atoms with van der Waals surface area (Å²) in [6.07, 6.45) is 8.55. The van der Waals surface area contributed by atoms with Crippen LogP contribution in [0.4, 0.5) is 0 Å². The van der Waals surface area contributed by atoms with Crippen LogP contribution < -0.4 is 0 Å². The van der Waals surface area contributed by atoms with Crippen LogP contribution in [0.5, 0.6) is 0 Å². The number of fused-ring (bicyclic) bond motifs is 1. The zero-order chi connectivity index (χ0) is 16.6. The first-order valence-corrected chi connectivity index (χ1v) is 9.62. The first kappa shape index (κ1) is 15.4. The fourth-order valence-electron chi connectivity index (χ4n) is 3.24. The van der Waals surface area contributed by atoms with E-state index in [2.05, 4.69) is 4.98 Å². The Labute approximate surface area is 141 Å². The van der Waals surface area contributed by atoms with Gasteiger partial charge in [-0.2, -0.15) is 4.31 Å². The van der Waals surface area contributed by atoms with Crippen LogP contribution in [0.3, 0.4) is 0 Å². The van der Waals surface area contributed by atoms with E-state index in [-0.39, 0.29) is 0 Å². The van der Waals surface area contributed by atoms with E-state index < -0.39 is 10.0 Å². The van der Waals surface area contributed by atoms with Crippen molar-refractivity contribution in [2.24, 2.45) is 0 Å². The molecule has 6 heteroatoms. The van der Waals surface area contributed by atoms with Crippen molar-refractivity contribution >= 4 is 20.9 Å². The van der Waals surface area contributed by atoms with E-state index in [1.54, 1.807) is 22.6 Å². The lowest BCUT2D eigenvalue weighted by atomic mass is 10.2. The summed E-state index contributed by atoms with van der Waals surface area (Å²) in [5.74, 6) is 0. The van der Waals surface area contributed by atoms with E-state index in [4.69, 9.17) is 0 Å². The molecular formula is C18H19N3O2S. The Morgan fingerprint density at radius 1 is 0.917 bits per heavy atom. The van der Waals surface area contributed by atoms with E-state index in [9.17, 15) is 8.42 Å². The maximum absolute atomic E-state index is 12.7. The summed E-state index contributed by atoms with van der Waals surface area (Å²) >= 11 is 0. The maximum Gasteiger partial charge on any atom is 0.243 e. The number of rotatable bonds is 3. The molecule has 0 aliphatic carbocycles. The van der Waals surface area contributed by atoms with Crippen LogP contribution in [0.2, 0.25) is 0 Å². The summed E-state index contributed by atoms with van der Waals surface area (Å²) < 4.78 is 29.1. The summed E-state index contributed by atoms with van der Waals surface area (Å²) in [4.78, 5) is 4.49. The van der Waals surface area contributed by atoms with Crippen LogP contribution in [0.1, 0.15) is 19.3 Å². The minimum Gasteiger partial charge on any atom is -0.316 e. The summed E-state index contributed by atoms with van der Waals surface area (Å²) in [7, 11) is -3.38. The highest BCUT2D eigenvalue weighted by atomic mass is 32.2. The molecule has 1 fully saturated rings. The molecule has 1 saturated heterocycles. The minimum absolute atomic E-state index is 0.367. The first-order valence-electron chi connectivity index (χ1n) is 8.18. The molecule has 0 spiro atoms. The third-order valence-electron chi connectivity index (χ3n) is 4.56. The zero-order valence-electron chi connectivity index (χ0n) is 13.3. The number of hydrogen-bond acceptors (Lipinski definition) is 3. The predicted octanol–water partition coefficient (Wildman–Crippen LogP) is 3.20. The summed E-state index contributed by atoms with van der Waals surface area (Å²) in [6.45, 7) is 1.25. The highest BCUT2D eigenvalue weighted by Crippen LogP contribution is 2.24. The highest BCUT2D eigenvalue weighted by Gasteiger charge is 2.25. The molecule has 0 N–H and O–H groups in total. The second kappa shape index (κ2) is 6.03. The normalized spacial score (nSPS) is 16.5. The van der Waals surface area contributed by atoms with E-state index in [1.165, 1.54) is 0 Å². The van der Waals surface area contributed by atoms with E-state index in [1.807, 2.05) is 41.2 Å². The fraction of sp³-hybridized carbons (Fsp3) is 0.278. The van der Waals surface area contributed by atoms with Gasteiger partial charge in [0.15, 0.2) is 0 Å². The van der Waals surface area contributed by atoms with Crippen molar-refractivity contribution in [3.05, 3.63) is 55.0 Å².